The summed E-state index contributed by atoms with van der Waals surface area (Å²) in [5, 5.41) is 12.8. The number of nitrogens with zero attached hydrogens (tertiary/aromatic N) is 2. The maximum absolute atomic E-state index is 12.5. The van der Waals surface area contributed by atoms with Crippen LogP contribution in [0.3, 0.4) is 0 Å². The van der Waals surface area contributed by atoms with E-state index in [-0.39, 0.29) is 11.9 Å². The Balaban J connectivity index is 1.31. The first kappa shape index (κ1) is 17.8. The molecule has 1 aliphatic rings. The van der Waals surface area contributed by atoms with E-state index in [0.717, 1.165) is 49.4 Å². The number of benzene rings is 1. The monoisotopic (exact) mass is 380 g/mol. The number of carbonyl (C=O) groups is 1. The van der Waals surface area contributed by atoms with Crippen molar-refractivity contribution in [2.24, 2.45) is 0 Å². The molecule has 1 aliphatic heterocycles. The summed E-state index contributed by atoms with van der Waals surface area (Å²) in [5.74, 6) is 1.01. The number of aromatic amines is 1. The van der Waals surface area contributed by atoms with Crippen molar-refractivity contribution in [1.82, 2.24) is 15.5 Å². The molecule has 27 heavy (non-hydrogen) atoms. The molecule has 1 fully saturated rings. The van der Waals surface area contributed by atoms with E-state index in [1.807, 2.05) is 30.3 Å². The predicted octanol–water partition coefficient (Wildman–Crippen LogP) is 4.10. The number of anilines is 1. The predicted molar refractivity (Wildman–Crippen MR) is 110 cm³/mol. The van der Waals surface area contributed by atoms with Crippen LogP contribution in [-0.2, 0) is 6.42 Å². The Hall–Kier alpha value is -2.60. The van der Waals surface area contributed by atoms with E-state index in [1.54, 1.807) is 11.3 Å². The fourth-order valence-corrected chi connectivity index (χ4v) is 4.14. The number of hydrogen-bond acceptors (Lipinski definition) is 4. The highest BCUT2D eigenvalue weighted by Crippen LogP contribution is 2.27. The zero-order valence-corrected chi connectivity index (χ0v) is 16.3. The molecule has 0 radical (unpaired) electrons. The minimum absolute atomic E-state index is 0.0239. The second kappa shape index (κ2) is 7.96. The van der Waals surface area contributed by atoms with E-state index in [2.05, 4.69) is 44.9 Å². The third-order valence-corrected chi connectivity index (χ3v) is 6.03. The fourth-order valence-electron chi connectivity index (χ4n) is 3.44. The lowest BCUT2D eigenvalue weighted by Crippen LogP contribution is -2.44. The van der Waals surface area contributed by atoms with Gasteiger partial charge >= 0.3 is 0 Å². The minimum Gasteiger partial charge on any atom is -0.355 e. The molecular formula is C21H24N4OS. The lowest BCUT2D eigenvalue weighted by atomic mass is 10.0. The summed E-state index contributed by atoms with van der Waals surface area (Å²) in [6, 6.07) is 14.4. The summed E-state index contributed by atoms with van der Waals surface area (Å²) in [4.78, 5) is 15.9. The Morgan fingerprint density at radius 2 is 2.04 bits per heavy atom. The SMILES string of the molecule is CCc1ccc(C(=O)NC2CCN(c3cc(-c4cccs4)[nH]n3)CC2)cc1. The number of H-pyrrole nitrogens is 1. The molecule has 2 aromatic heterocycles. The lowest BCUT2D eigenvalue weighted by Gasteiger charge is -2.32. The molecule has 1 saturated heterocycles. The first-order valence-corrected chi connectivity index (χ1v) is 10.3. The molecule has 0 saturated carbocycles. The van der Waals surface area contributed by atoms with Gasteiger partial charge in [-0.3, -0.25) is 9.89 Å². The molecule has 6 heteroatoms. The summed E-state index contributed by atoms with van der Waals surface area (Å²) in [6.45, 7) is 3.91. The average Bonchev–Trinajstić information content (AvgIpc) is 3.40. The van der Waals surface area contributed by atoms with Crippen molar-refractivity contribution in [2.45, 2.75) is 32.2 Å². The van der Waals surface area contributed by atoms with E-state index >= 15 is 0 Å². The average molecular weight is 381 g/mol. The van der Waals surface area contributed by atoms with Crippen LogP contribution >= 0.6 is 11.3 Å². The van der Waals surface area contributed by atoms with Crippen LogP contribution in [0.1, 0.15) is 35.7 Å². The quantitative estimate of drug-likeness (QED) is 0.701. The molecule has 3 heterocycles. The normalized spacial score (nSPS) is 15.1. The fraction of sp³-hybridized carbons (Fsp3) is 0.333. The van der Waals surface area contributed by atoms with Gasteiger partial charge in [0.1, 0.15) is 0 Å². The minimum atomic E-state index is 0.0239. The summed E-state index contributed by atoms with van der Waals surface area (Å²) in [7, 11) is 0. The molecule has 0 atom stereocenters. The van der Waals surface area contributed by atoms with Gasteiger partial charge in [-0.05, 0) is 48.4 Å². The van der Waals surface area contributed by atoms with Crippen LogP contribution in [0.15, 0.2) is 47.8 Å². The van der Waals surface area contributed by atoms with Crippen LogP contribution in [0, 0.1) is 0 Å². The highest BCUT2D eigenvalue weighted by atomic mass is 32.1. The van der Waals surface area contributed by atoms with Crippen LogP contribution in [0.2, 0.25) is 0 Å². The van der Waals surface area contributed by atoms with E-state index in [4.69, 9.17) is 0 Å². The van der Waals surface area contributed by atoms with E-state index in [1.165, 1.54) is 10.4 Å². The van der Waals surface area contributed by atoms with Crippen LogP contribution in [-0.4, -0.2) is 35.2 Å². The van der Waals surface area contributed by atoms with Crippen molar-refractivity contribution in [2.75, 3.05) is 18.0 Å². The summed E-state index contributed by atoms with van der Waals surface area (Å²) in [6.07, 6.45) is 2.85. The summed E-state index contributed by atoms with van der Waals surface area (Å²) in [5.41, 5.74) is 3.05. The van der Waals surface area contributed by atoms with Gasteiger partial charge in [0.15, 0.2) is 5.82 Å². The van der Waals surface area contributed by atoms with E-state index in [0.29, 0.717) is 0 Å². The van der Waals surface area contributed by atoms with E-state index < -0.39 is 0 Å². The smallest absolute Gasteiger partial charge is 0.251 e. The highest BCUT2D eigenvalue weighted by molar-refractivity contribution is 7.13. The largest absolute Gasteiger partial charge is 0.355 e. The molecule has 0 bridgehead atoms. The van der Waals surface area contributed by atoms with Crippen LogP contribution in [0.25, 0.3) is 10.6 Å². The van der Waals surface area contributed by atoms with Gasteiger partial charge in [-0.2, -0.15) is 5.10 Å². The number of aromatic nitrogens is 2. The number of amides is 1. The Morgan fingerprint density at radius 1 is 1.26 bits per heavy atom. The molecular weight excluding hydrogens is 356 g/mol. The molecule has 1 aromatic carbocycles. The Labute approximate surface area is 163 Å². The van der Waals surface area contributed by atoms with Gasteiger partial charge < -0.3 is 10.2 Å². The third-order valence-electron chi connectivity index (χ3n) is 5.13. The molecule has 140 valence electrons. The Morgan fingerprint density at radius 3 is 2.70 bits per heavy atom. The van der Waals surface area contributed by atoms with Crippen molar-refractivity contribution in [3.63, 3.8) is 0 Å². The standard InChI is InChI=1S/C21H24N4OS/c1-2-15-5-7-16(8-6-15)21(26)22-17-9-11-25(12-10-17)20-14-18(23-24-20)19-4-3-13-27-19/h3-8,13-14,17H,2,9-12H2,1H3,(H,22,26)(H,23,24). The van der Waals surface area contributed by atoms with Gasteiger partial charge in [0, 0.05) is 30.8 Å². The van der Waals surface area contributed by atoms with Gasteiger partial charge in [0.2, 0.25) is 0 Å². The summed E-state index contributed by atoms with van der Waals surface area (Å²) >= 11 is 1.71. The third kappa shape index (κ3) is 4.06. The van der Waals surface area contributed by atoms with E-state index in [9.17, 15) is 4.79 Å². The van der Waals surface area contributed by atoms with Crippen molar-refractivity contribution in [3.05, 3.63) is 59.0 Å². The van der Waals surface area contributed by atoms with Crippen molar-refractivity contribution < 1.29 is 4.79 Å². The molecule has 5 nitrogen and oxygen atoms in total. The Kier molecular flexibility index (Phi) is 5.25. The van der Waals surface area contributed by atoms with Crippen molar-refractivity contribution in [3.8, 4) is 10.6 Å². The topological polar surface area (TPSA) is 61.0 Å². The zero-order valence-electron chi connectivity index (χ0n) is 15.4. The van der Waals surface area contributed by atoms with Gasteiger partial charge in [0.25, 0.3) is 5.91 Å². The van der Waals surface area contributed by atoms with Crippen LogP contribution in [0.4, 0.5) is 5.82 Å². The van der Waals surface area contributed by atoms with Crippen LogP contribution < -0.4 is 10.2 Å². The molecule has 0 aliphatic carbocycles. The number of thiophene rings is 1. The second-order valence-electron chi connectivity index (χ2n) is 6.90. The van der Waals surface area contributed by atoms with Crippen molar-refractivity contribution in [1.29, 1.82) is 0 Å². The van der Waals surface area contributed by atoms with Gasteiger partial charge in [-0.25, -0.2) is 0 Å². The molecule has 1 amide bonds. The van der Waals surface area contributed by atoms with Gasteiger partial charge in [0.05, 0.1) is 10.6 Å². The number of aryl methyl sites for hydroxylation is 1. The Bertz CT molecular complexity index is 877. The number of rotatable bonds is 5. The number of nitrogens with one attached hydrogen (secondary N) is 2. The number of piperidine rings is 1. The maximum atomic E-state index is 12.5. The van der Waals surface area contributed by atoms with Gasteiger partial charge in [-0.1, -0.05) is 25.1 Å². The highest BCUT2D eigenvalue weighted by Gasteiger charge is 2.23. The van der Waals surface area contributed by atoms with Gasteiger partial charge in [-0.15, -0.1) is 11.3 Å². The maximum Gasteiger partial charge on any atom is 0.251 e. The molecule has 3 aromatic rings. The lowest BCUT2D eigenvalue weighted by molar-refractivity contribution is 0.0931. The second-order valence-corrected chi connectivity index (χ2v) is 7.85. The molecule has 0 unspecified atom stereocenters. The van der Waals surface area contributed by atoms with Crippen molar-refractivity contribution >= 4 is 23.1 Å². The number of carbonyl (C=O) groups excluding carboxylic acids is 1. The summed E-state index contributed by atoms with van der Waals surface area (Å²) < 4.78 is 0. The molecule has 4 rings (SSSR count). The molecule has 2 N–H and O–H groups in total. The molecule has 0 spiro atoms. The number of hydrogen-bond donors (Lipinski definition) is 2. The zero-order chi connectivity index (χ0) is 18.6. The van der Waals surface area contributed by atoms with Crippen LogP contribution in [0.5, 0.6) is 0 Å². The first-order valence-electron chi connectivity index (χ1n) is 9.47. The first-order chi connectivity index (χ1) is 13.2.